The van der Waals surface area contributed by atoms with E-state index in [1.54, 1.807) is 19.9 Å². The molecule has 0 aliphatic carbocycles. The van der Waals surface area contributed by atoms with Gasteiger partial charge in [-0.15, -0.1) is 0 Å². The summed E-state index contributed by atoms with van der Waals surface area (Å²) in [6, 6.07) is 7.15. The number of benzene rings is 2. The zero-order chi connectivity index (χ0) is 27.6. The van der Waals surface area contributed by atoms with E-state index in [2.05, 4.69) is 22.2 Å². The highest BCUT2D eigenvalue weighted by molar-refractivity contribution is 7.90. The third kappa shape index (κ3) is 5.57. The molecule has 10 heteroatoms. The van der Waals surface area contributed by atoms with Gasteiger partial charge >= 0.3 is 0 Å². The van der Waals surface area contributed by atoms with Crippen LogP contribution in [0.25, 0.3) is 10.9 Å². The van der Waals surface area contributed by atoms with Gasteiger partial charge in [0.15, 0.2) is 0 Å². The first-order chi connectivity index (χ1) is 18.0. The van der Waals surface area contributed by atoms with E-state index < -0.39 is 15.8 Å². The number of halogens is 1. The molecule has 1 N–H and O–H groups in total. The van der Waals surface area contributed by atoms with Gasteiger partial charge in [0, 0.05) is 43.8 Å². The lowest BCUT2D eigenvalue weighted by Gasteiger charge is -2.32. The smallest absolute Gasteiger partial charge is 0.268 e. The molecule has 38 heavy (non-hydrogen) atoms. The number of rotatable bonds is 9. The Morgan fingerprint density at radius 2 is 1.76 bits per heavy atom. The van der Waals surface area contributed by atoms with Crippen LogP contribution in [-0.2, 0) is 21.2 Å². The van der Waals surface area contributed by atoms with E-state index in [4.69, 9.17) is 4.74 Å². The molecule has 0 spiro atoms. The summed E-state index contributed by atoms with van der Waals surface area (Å²) < 4.78 is 48.7. The highest BCUT2D eigenvalue weighted by Gasteiger charge is 2.28. The van der Waals surface area contributed by atoms with E-state index in [9.17, 15) is 17.6 Å². The number of likely N-dealkylation sites (N-methyl/N-ethyl adjacent to an activating group) is 1. The second-order valence-electron chi connectivity index (χ2n) is 10.0. The summed E-state index contributed by atoms with van der Waals surface area (Å²) in [5.41, 5.74) is 2.54. The summed E-state index contributed by atoms with van der Waals surface area (Å²) in [6.07, 6.45) is 0.790. The number of fused-ring (bicyclic) bond motifs is 1. The largest absolute Gasteiger partial charge is 0.496 e. The quantitative estimate of drug-likeness (QED) is 0.417. The van der Waals surface area contributed by atoms with Crippen LogP contribution in [-0.4, -0.2) is 81.5 Å². The van der Waals surface area contributed by atoms with E-state index >= 15 is 0 Å². The average molecular weight is 545 g/mol. The first-order valence-corrected chi connectivity index (χ1v) is 14.4. The van der Waals surface area contributed by atoms with Crippen LogP contribution < -0.4 is 10.1 Å². The van der Waals surface area contributed by atoms with Gasteiger partial charge in [-0.2, -0.15) is 0 Å². The predicted molar refractivity (Wildman–Crippen MR) is 147 cm³/mol. The zero-order valence-corrected chi connectivity index (χ0v) is 23.6. The van der Waals surface area contributed by atoms with Crippen LogP contribution in [0.15, 0.2) is 35.2 Å². The predicted octanol–water partition coefficient (Wildman–Crippen LogP) is 3.25. The first kappa shape index (κ1) is 28.1. The molecule has 1 amide bonds. The molecule has 1 aromatic heterocycles. The van der Waals surface area contributed by atoms with Crippen LogP contribution in [0.5, 0.6) is 5.75 Å². The van der Waals surface area contributed by atoms with Crippen molar-refractivity contribution in [3.8, 4) is 5.75 Å². The van der Waals surface area contributed by atoms with E-state index in [0.717, 1.165) is 44.7 Å². The van der Waals surface area contributed by atoms with Crippen LogP contribution in [0.2, 0.25) is 0 Å². The third-order valence-electron chi connectivity index (χ3n) is 7.58. The number of aromatic nitrogens is 1. The lowest BCUT2D eigenvalue weighted by Crippen LogP contribution is -2.45. The normalized spacial score (nSPS) is 15.2. The molecule has 8 nitrogen and oxygen atoms in total. The van der Waals surface area contributed by atoms with Gasteiger partial charge in [-0.1, -0.05) is 0 Å². The number of nitrogens with one attached hydrogen (secondary N) is 1. The second-order valence-corrected chi connectivity index (χ2v) is 11.8. The number of amides is 1. The number of hydrogen-bond donors (Lipinski definition) is 1. The Hall–Kier alpha value is -2.95. The molecular weight excluding hydrogens is 507 g/mol. The number of nitrogens with zero attached hydrogens (tertiary/aromatic N) is 3. The Morgan fingerprint density at radius 1 is 1.05 bits per heavy atom. The number of hydrogen-bond acceptors (Lipinski definition) is 6. The van der Waals surface area contributed by atoms with Crippen molar-refractivity contribution in [2.24, 2.45) is 0 Å². The lowest BCUT2D eigenvalue weighted by atomic mass is 10.1. The molecule has 3 aromatic rings. The van der Waals surface area contributed by atoms with Crippen molar-refractivity contribution < 1.29 is 22.3 Å². The van der Waals surface area contributed by atoms with Crippen LogP contribution in [0.3, 0.4) is 0 Å². The summed E-state index contributed by atoms with van der Waals surface area (Å²) in [5.74, 6) is -0.108. The Kier molecular flexibility index (Phi) is 8.44. The van der Waals surface area contributed by atoms with Gasteiger partial charge in [0.05, 0.1) is 23.9 Å². The maximum atomic E-state index is 14.3. The molecule has 206 valence electrons. The minimum absolute atomic E-state index is 0.0383. The fraction of sp³-hybridized carbons (Fsp3) is 0.464. The number of carbonyl (C=O) groups is 1. The number of piperazine rings is 1. The van der Waals surface area contributed by atoms with Crippen molar-refractivity contribution >= 4 is 26.8 Å². The number of methoxy groups -OCH3 is 1. The maximum absolute atomic E-state index is 14.3. The van der Waals surface area contributed by atoms with Crippen LogP contribution in [0, 0.1) is 26.6 Å². The van der Waals surface area contributed by atoms with Gasteiger partial charge < -0.3 is 19.9 Å². The minimum atomic E-state index is -4.04. The molecule has 1 fully saturated rings. The number of ether oxygens (including phenoxy) is 1. The Labute approximate surface area is 224 Å². The Balaban J connectivity index is 1.58. The molecule has 0 atom stereocenters. The average Bonchev–Trinajstić information content (AvgIpc) is 3.15. The van der Waals surface area contributed by atoms with Gasteiger partial charge in [-0.05, 0) is 87.8 Å². The third-order valence-corrected chi connectivity index (χ3v) is 9.53. The molecule has 2 heterocycles. The molecule has 1 aliphatic heterocycles. The summed E-state index contributed by atoms with van der Waals surface area (Å²) in [5, 5.41) is 3.37. The summed E-state index contributed by atoms with van der Waals surface area (Å²) in [7, 11) is -0.384. The van der Waals surface area contributed by atoms with E-state index in [1.807, 2.05) is 6.92 Å². The fourth-order valence-corrected chi connectivity index (χ4v) is 7.02. The van der Waals surface area contributed by atoms with Crippen molar-refractivity contribution in [2.45, 2.75) is 38.5 Å². The lowest BCUT2D eigenvalue weighted by molar-refractivity contribution is -0.120. The van der Waals surface area contributed by atoms with Gasteiger partial charge in [0.25, 0.3) is 10.0 Å². The van der Waals surface area contributed by atoms with Crippen molar-refractivity contribution in [1.82, 2.24) is 19.1 Å². The van der Waals surface area contributed by atoms with Gasteiger partial charge in [-0.3, -0.25) is 4.79 Å². The highest BCUT2D eigenvalue weighted by Crippen LogP contribution is 2.34. The molecule has 0 saturated carbocycles. The van der Waals surface area contributed by atoms with Crippen LogP contribution >= 0.6 is 0 Å². The van der Waals surface area contributed by atoms with Crippen molar-refractivity contribution in [3.05, 3.63) is 58.5 Å². The van der Waals surface area contributed by atoms with Crippen LogP contribution in [0.4, 0.5) is 4.39 Å². The standard InChI is InChI=1S/C28H37FN4O4S/c1-19-20(2)27(10-9-26(19)37-5)38(35,36)33-21(3)23(24-17-22(29)7-8-25(24)33)18-28(34)30-11-6-12-32-15-13-31(4)14-16-32/h7-10,17H,6,11-16,18H2,1-5H3,(H,30,34). The molecular formula is C28H37FN4O4S. The zero-order valence-electron chi connectivity index (χ0n) is 22.8. The Morgan fingerprint density at radius 3 is 2.45 bits per heavy atom. The second kappa shape index (κ2) is 11.4. The SMILES string of the molecule is COc1ccc(S(=O)(=O)n2c(C)c(CC(=O)NCCCN3CCN(C)CC3)c3cc(F)ccc32)c(C)c1C. The van der Waals surface area contributed by atoms with Crippen molar-refractivity contribution in [3.63, 3.8) is 0 Å². The molecule has 0 bridgehead atoms. The molecule has 2 aromatic carbocycles. The van der Waals surface area contributed by atoms with Gasteiger partial charge in [0.2, 0.25) is 5.91 Å². The van der Waals surface area contributed by atoms with Crippen LogP contribution in [0.1, 0.15) is 28.8 Å². The van der Waals surface area contributed by atoms with Gasteiger partial charge in [-0.25, -0.2) is 16.8 Å². The molecule has 1 saturated heterocycles. The molecule has 0 unspecified atom stereocenters. The number of carbonyl (C=O) groups excluding carboxylic acids is 1. The fourth-order valence-electron chi connectivity index (χ4n) is 5.15. The van der Waals surface area contributed by atoms with E-state index in [-0.39, 0.29) is 17.2 Å². The summed E-state index contributed by atoms with van der Waals surface area (Å²) in [6.45, 7) is 10.8. The van der Waals surface area contributed by atoms with E-state index in [1.165, 1.54) is 35.3 Å². The first-order valence-electron chi connectivity index (χ1n) is 12.9. The van der Waals surface area contributed by atoms with E-state index in [0.29, 0.717) is 40.0 Å². The molecule has 0 radical (unpaired) electrons. The maximum Gasteiger partial charge on any atom is 0.268 e. The van der Waals surface area contributed by atoms with Crippen molar-refractivity contribution in [1.29, 1.82) is 0 Å². The molecule has 4 rings (SSSR count). The minimum Gasteiger partial charge on any atom is -0.496 e. The monoisotopic (exact) mass is 544 g/mol. The van der Waals surface area contributed by atoms with Gasteiger partial charge in [0.1, 0.15) is 11.6 Å². The summed E-state index contributed by atoms with van der Waals surface area (Å²) in [4.78, 5) is 17.7. The summed E-state index contributed by atoms with van der Waals surface area (Å²) >= 11 is 0. The molecule has 1 aliphatic rings. The highest BCUT2D eigenvalue weighted by atomic mass is 32.2. The Bertz CT molecular complexity index is 1440. The van der Waals surface area contributed by atoms with Crippen molar-refractivity contribution in [2.75, 3.05) is 53.4 Å². The topological polar surface area (TPSA) is 83.9 Å².